The van der Waals surface area contributed by atoms with Crippen molar-refractivity contribution in [3.63, 3.8) is 0 Å². The number of carbonyl (C=O) groups is 1. The van der Waals surface area contributed by atoms with Crippen LogP contribution in [0.5, 0.6) is 0 Å². The Morgan fingerprint density at radius 1 is 1.45 bits per heavy atom. The molecule has 1 saturated heterocycles. The molecule has 3 rings (SSSR count). The van der Waals surface area contributed by atoms with Crippen molar-refractivity contribution in [1.82, 2.24) is 15.3 Å². The number of methoxy groups -OCH3 is 1. The number of fused-ring (bicyclic) bond motifs is 1. The van der Waals surface area contributed by atoms with Crippen molar-refractivity contribution < 1.29 is 9.53 Å². The maximum absolute atomic E-state index is 11.6. The normalized spacial score (nSPS) is 22.1. The highest BCUT2D eigenvalue weighted by molar-refractivity contribution is 9.10. The molecule has 0 spiro atoms. The molecular weight excluding hydrogens is 322 g/mol. The average molecular weight is 336 g/mol. The van der Waals surface area contributed by atoms with Gasteiger partial charge in [0.25, 0.3) is 0 Å². The lowest BCUT2D eigenvalue weighted by molar-refractivity contribution is -0.142. The monoisotopic (exact) mass is 335 g/mol. The fourth-order valence-electron chi connectivity index (χ4n) is 2.64. The van der Waals surface area contributed by atoms with Crippen LogP contribution in [0.25, 0.3) is 10.9 Å². The SMILES string of the molecule is COC(=O)[C@@H]1C[C@@H](c2ncnc3ccc(Br)cc23)CN1. The summed E-state index contributed by atoms with van der Waals surface area (Å²) in [5.74, 6) is -0.0223. The minimum Gasteiger partial charge on any atom is -0.468 e. The van der Waals surface area contributed by atoms with Crippen molar-refractivity contribution in [1.29, 1.82) is 0 Å². The molecule has 0 saturated carbocycles. The van der Waals surface area contributed by atoms with Crippen LogP contribution in [0.3, 0.4) is 0 Å². The van der Waals surface area contributed by atoms with Crippen LogP contribution in [-0.4, -0.2) is 35.6 Å². The summed E-state index contributed by atoms with van der Waals surface area (Å²) < 4.78 is 5.78. The van der Waals surface area contributed by atoms with Crippen LogP contribution < -0.4 is 5.32 Å². The molecule has 2 atom stereocenters. The first-order valence-corrected chi connectivity index (χ1v) is 7.19. The number of ether oxygens (including phenoxy) is 1. The number of hydrogen-bond donors (Lipinski definition) is 1. The van der Waals surface area contributed by atoms with Gasteiger partial charge in [0.1, 0.15) is 12.4 Å². The summed E-state index contributed by atoms with van der Waals surface area (Å²) in [6.07, 6.45) is 2.28. The Kier molecular flexibility index (Phi) is 3.67. The van der Waals surface area contributed by atoms with Crippen LogP contribution in [0, 0.1) is 0 Å². The molecule has 5 nitrogen and oxygen atoms in total. The molecule has 0 unspecified atom stereocenters. The zero-order valence-electron chi connectivity index (χ0n) is 11.0. The maximum atomic E-state index is 11.6. The molecule has 1 aliphatic heterocycles. The number of esters is 1. The van der Waals surface area contributed by atoms with Gasteiger partial charge in [0.05, 0.1) is 18.3 Å². The van der Waals surface area contributed by atoms with Gasteiger partial charge >= 0.3 is 5.97 Å². The summed E-state index contributed by atoms with van der Waals surface area (Å²) in [5.41, 5.74) is 1.90. The lowest BCUT2D eigenvalue weighted by atomic mass is 9.98. The Balaban J connectivity index is 1.95. The number of aromatic nitrogens is 2. The van der Waals surface area contributed by atoms with Gasteiger partial charge in [0.15, 0.2) is 0 Å². The van der Waals surface area contributed by atoms with Gasteiger partial charge in [0, 0.05) is 22.3 Å². The molecule has 104 valence electrons. The van der Waals surface area contributed by atoms with Crippen LogP contribution in [-0.2, 0) is 9.53 Å². The molecule has 0 radical (unpaired) electrons. The molecule has 1 N–H and O–H groups in total. The standard InChI is InChI=1S/C14H14BrN3O2/c1-20-14(19)12-4-8(6-16-12)13-10-5-9(15)2-3-11(10)17-7-18-13/h2-3,5,7-8,12,16H,4,6H2,1H3/t8-,12+/m1/s1. The molecule has 0 bridgehead atoms. The third-order valence-corrected chi connectivity index (χ3v) is 4.12. The summed E-state index contributed by atoms with van der Waals surface area (Å²) >= 11 is 3.48. The van der Waals surface area contributed by atoms with E-state index in [0.717, 1.165) is 27.6 Å². The number of benzene rings is 1. The first-order valence-electron chi connectivity index (χ1n) is 6.40. The molecule has 20 heavy (non-hydrogen) atoms. The molecule has 0 aliphatic carbocycles. The van der Waals surface area contributed by atoms with Gasteiger partial charge in [-0.15, -0.1) is 0 Å². The summed E-state index contributed by atoms with van der Waals surface area (Å²) in [7, 11) is 1.41. The minimum absolute atomic E-state index is 0.193. The van der Waals surface area contributed by atoms with Gasteiger partial charge in [-0.25, -0.2) is 9.97 Å². The Hall–Kier alpha value is -1.53. The maximum Gasteiger partial charge on any atom is 0.322 e. The van der Waals surface area contributed by atoms with Crippen LogP contribution in [0.1, 0.15) is 18.0 Å². The number of nitrogens with one attached hydrogen (secondary N) is 1. The largest absolute Gasteiger partial charge is 0.468 e. The minimum atomic E-state index is -0.248. The van der Waals surface area contributed by atoms with Crippen molar-refractivity contribution >= 4 is 32.8 Å². The van der Waals surface area contributed by atoms with E-state index in [1.54, 1.807) is 6.33 Å². The number of rotatable bonds is 2. The summed E-state index contributed by atoms with van der Waals surface area (Å²) in [4.78, 5) is 20.3. The van der Waals surface area contributed by atoms with E-state index in [9.17, 15) is 4.79 Å². The molecule has 2 heterocycles. The Bertz CT molecular complexity index is 662. The quantitative estimate of drug-likeness (QED) is 0.850. The van der Waals surface area contributed by atoms with Crippen LogP contribution >= 0.6 is 15.9 Å². The smallest absolute Gasteiger partial charge is 0.322 e. The van der Waals surface area contributed by atoms with E-state index in [4.69, 9.17) is 4.74 Å². The van der Waals surface area contributed by atoms with E-state index in [1.165, 1.54) is 7.11 Å². The van der Waals surface area contributed by atoms with E-state index >= 15 is 0 Å². The molecule has 1 aromatic heterocycles. The second-order valence-corrected chi connectivity index (χ2v) is 5.75. The summed E-state index contributed by atoms with van der Waals surface area (Å²) in [5, 5.41) is 4.22. The number of nitrogens with zero attached hydrogens (tertiary/aromatic N) is 2. The van der Waals surface area contributed by atoms with E-state index in [2.05, 4.69) is 31.2 Å². The van der Waals surface area contributed by atoms with E-state index in [-0.39, 0.29) is 17.9 Å². The highest BCUT2D eigenvalue weighted by Gasteiger charge is 2.32. The second-order valence-electron chi connectivity index (χ2n) is 4.84. The van der Waals surface area contributed by atoms with E-state index < -0.39 is 0 Å². The van der Waals surface area contributed by atoms with Crippen molar-refractivity contribution in [2.75, 3.05) is 13.7 Å². The van der Waals surface area contributed by atoms with Crippen molar-refractivity contribution in [2.45, 2.75) is 18.4 Å². The molecule has 2 aromatic rings. The first-order chi connectivity index (χ1) is 9.69. The van der Waals surface area contributed by atoms with Gasteiger partial charge in [-0.05, 0) is 24.6 Å². The van der Waals surface area contributed by atoms with Crippen LogP contribution in [0.4, 0.5) is 0 Å². The molecule has 1 fully saturated rings. The number of halogens is 1. The van der Waals surface area contributed by atoms with Gasteiger partial charge in [-0.2, -0.15) is 0 Å². The number of hydrogen-bond acceptors (Lipinski definition) is 5. The lowest BCUT2D eigenvalue weighted by Crippen LogP contribution is -2.31. The summed E-state index contributed by atoms with van der Waals surface area (Å²) in [6.45, 7) is 0.721. The van der Waals surface area contributed by atoms with E-state index in [0.29, 0.717) is 6.42 Å². The molecule has 0 amide bonds. The molecule has 1 aromatic carbocycles. The number of carbonyl (C=O) groups excluding carboxylic acids is 1. The average Bonchev–Trinajstić information content (AvgIpc) is 2.95. The molecular formula is C14H14BrN3O2. The highest BCUT2D eigenvalue weighted by Crippen LogP contribution is 2.30. The Morgan fingerprint density at radius 3 is 3.10 bits per heavy atom. The zero-order chi connectivity index (χ0) is 14.1. The van der Waals surface area contributed by atoms with Gasteiger partial charge < -0.3 is 10.1 Å². The molecule has 1 aliphatic rings. The van der Waals surface area contributed by atoms with Gasteiger partial charge in [-0.3, -0.25) is 4.79 Å². The first kappa shape index (κ1) is 13.5. The third kappa shape index (κ3) is 2.41. The van der Waals surface area contributed by atoms with Crippen molar-refractivity contribution in [2.24, 2.45) is 0 Å². The fourth-order valence-corrected chi connectivity index (χ4v) is 3.00. The van der Waals surface area contributed by atoms with E-state index in [1.807, 2.05) is 18.2 Å². The topological polar surface area (TPSA) is 64.1 Å². The predicted octanol–water partition coefficient (Wildman–Crippen LogP) is 2.01. The predicted molar refractivity (Wildman–Crippen MR) is 78.4 cm³/mol. The van der Waals surface area contributed by atoms with Gasteiger partial charge in [0.2, 0.25) is 0 Å². The van der Waals surface area contributed by atoms with Crippen LogP contribution in [0.2, 0.25) is 0 Å². The van der Waals surface area contributed by atoms with Crippen molar-refractivity contribution in [3.05, 3.63) is 34.7 Å². The van der Waals surface area contributed by atoms with Gasteiger partial charge in [-0.1, -0.05) is 15.9 Å². The summed E-state index contributed by atoms with van der Waals surface area (Å²) in [6, 6.07) is 5.70. The highest BCUT2D eigenvalue weighted by atomic mass is 79.9. The van der Waals surface area contributed by atoms with Crippen LogP contribution in [0.15, 0.2) is 29.0 Å². The van der Waals surface area contributed by atoms with Crippen molar-refractivity contribution in [3.8, 4) is 0 Å². The molecule has 6 heteroatoms. The second kappa shape index (κ2) is 5.46. The third-order valence-electron chi connectivity index (χ3n) is 3.63. The Morgan fingerprint density at radius 2 is 2.30 bits per heavy atom. The zero-order valence-corrected chi connectivity index (χ0v) is 12.6. The fraction of sp³-hybridized carbons (Fsp3) is 0.357. The lowest BCUT2D eigenvalue weighted by Gasteiger charge is -2.11. The Labute approximate surface area is 124 Å².